The number of hydrogen-bond acceptors (Lipinski definition) is 4. The van der Waals surface area contributed by atoms with Crippen LogP contribution in [0.25, 0.3) is 0 Å². The Bertz CT molecular complexity index is 388. The third-order valence-electron chi connectivity index (χ3n) is 3.41. The fourth-order valence-corrected chi connectivity index (χ4v) is 1.97. The molecule has 1 aliphatic carbocycles. The molecule has 0 aromatic heterocycles. The van der Waals surface area contributed by atoms with Crippen LogP contribution in [0.2, 0.25) is 0 Å². The van der Waals surface area contributed by atoms with E-state index >= 15 is 0 Å². The minimum Gasteiger partial charge on any atom is -0.481 e. The minimum atomic E-state index is -0.819. The zero-order chi connectivity index (χ0) is 14.0. The minimum absolute atomic E-state index is 0.0610. The van der Waals surface area contributed by atoms with E-state index < -0.39 is 5.97 Å². The standard InChI is InChI=1S/C12H19N3O4/c1-14(6-10(16)13-9-2-3-9)11(17)7-15-4-8(5-15)12(18)19/h8-9H,2-7H2,1H3,(H,13,16)(H,18,19). The summed E-state index contributed by atoms with van der Waals surface area (Å²) in [6.07, 6.45) is 2.04. The van der Waals surface area contributed by atoms with E-state index in [-0.39, 0.29) is 30.8 Å². The summed E-state index contributed by atoms with van der Waals surface area (Å²) in [5.74, 6) is -1.47. The summed E-state index contributed by atoms with van der Waals surface area (Å²) in [7, 11) is 1.59. The lowest BCUT2D eigenvalue weighted by atomic mass is 10.0. The molecule has 0 atom stereocenters. The Hall–Kier alpha value is -1.63. The van der Waals surface area contributed by atoms with Crippen LogP contribution in [0.3, 0.4) is 0 Å². The van der Waals surface area contributed by atoms with Gasteiger partial charge in [0.05, 0.1) is 19.0 Å². The number of carboxylic acids is 1. The Kier molecular flexibility index (Phi) is 4.04. The first-order valence-electron chi connectivity index (χ1n) is 6.44. The lowest BCUT2D eigenvalue weighted by Crippen LogP contribution is -2.54. The number of nitrogens with one attached hydrogen (secondary N) is 1. The van der Waals surface area contributed by atoms with E-state index in [0.717, 1.165) is 12.8 Å². The lowest BCUT2D eigenvalue weighted by Gasteiger charge is -2.36. The molecule has 0 radical (unpaired) electrons. The summed E-state index contributed by atoms with van der Waals surface area (Å²) in [5.41, 5.74) is 0. The van der Waals surface area contributed by atoms with Gasteiger partial charge >= 0.3 is 5.97 Å². The van der Waals surface area contributed by atoms with Crippen molar-refractivity contribution in [1.29, 1.82) is 0 Å². The number of likely N-dealkylation sites (N-methyl/N-ethyl adjacent to an activating group) is 1. The Labute approximate surface area is 111 Å². The molecule has 0 spiro atoms. The van der Waals surface area contributed by atoms with Crippen molar-refractivity contribution < 1.29 is 19.5 Å². The largest absolute Gasteiger partial charge is 0.481 e. The molecule has 7 heteroatoms. The summed E-state index contributed by atoms with van der Waals surface area (Å²) >= 11 is 0. The maximum atomic E-state index is 11.8. The molecule has 2 amide bonds. The van der Waals surface area contributed by atoms with Gasteiger partial charge in [-0.2, -0.15) is 0 Å². The van der Waals surface area contributed by atoms with Gasteiger partial charge in [0, 0.05) is 26.2 Å². The normalized spacial score (nSPS) is 19.6. The highest BCUT2D eigenvalue weighted by Gasteiger charge is 2.34. The van der Waals surface area contributed by atoms with Crippen molar-refractivity contribution in [3.8, 4) is 0 Å². The summed E-state index contributed by atoms with van der Waals surface area (Å²) in [4.78, 5) is 37.1. The number of nitrogens with zero attached hydrogens (tertiary/aromatic N) is 2. The molecule has 0 unspecified atom stereocenters. The fourth-order valence-electron chi connectivity index (χ4n) is 1.97. The molecule has 1 saturated heterocycles. The average Bonchev–Trinajstić information content (AvgIpc) is 3.05. The molecule has 0 aromatic carbocycles. The number of amides is 2. The van der Waals surface area contributed by atoms with Gasteiger partial charge in [-0.25, -0.2) is 0 Å². The van der Waals surface area contributed by atoms with Crippen molar-refractivity contribution in [3.63, 3.8) is 0 Å². The summed E-state index contributed by atoms with van der Waals surface area (Å²) < 4.78 is 0. The molecule has 2 fully saturated rings. The van der Waals surface area contributed by atoms with E-state index in [1.165, 1.54) is 4.90 Å². The van der Waals surface area contributed by atoms with Crippen LogP contribution >= 0.6 is 0 Å². The summed E-state index contributed by atoms with van der Waals surface area (Å²) in [6.45, 7) is 1.05. The van der Waals surface area contributed by atoms with Crippen molar-refractivity contribution >= 4 is 17.8 Å². The molecular formula is C12H19N3O4. The highest BCUT2D eigenvalue weighted by molar-refractivity contribution is 5.86. The van der Waals surface area contributed by atoms with Crippen molar-refractivity contribution in [2.45, 2.75) is 18.9 Å². The molecule has 1 saturated carbocycles. The van der Waals surface area contributed by atoms with Crippen LogP contribution in [0, 0.1) is 5.92 Å². The van der Waals surface area contributed by atoms with E-state index in [9.17, 15) is 14.4 Å². The van der Waals surface area contributed by atoms with Crippen LogP contribution in [-0.2, 0) is 14.4 Å². The molecule has 7 nitrogen and oxygen atoms in total. The number of likely N-dealkylation sites (tertiary alicyclic amines) is 1. The quantitative estimate of drug-likeness (QED) is 0.628. The predicted molar refractivity (Wildman–Crippen MR) is 66.4 cm³/mol. The molecule has 0 aromatic rings. The van der Waals surface area contributed by atoms with Crippen LogP contribution in [0.15, 0.2) is 0 Å². The van der Waals surface area contributed by atoms with Gasteiger partial charge in [-0.15, -0.1) is 0 Å². The number of carbonyl (C=O) groups excluding carboxylic acids is 2. The maximum absolute atomic E-state index is 11.8. The maximum Gasteiger partial charge on any atom is 0.309 e. The molecule has 2 N–H and O–H groups in total. The Balaban J connectivity index is 1.65. The van der Waals surface area contributed by atoms with Gasteiger partial charge in [-0.05, 0) is 12.8 Å². The smallest absolute Gasteiger partial charge is 0.309 e. The van der Waals surface area contributed by atoms with Gasteiger partial charge in [0.25, 0.3) is 0 Å². The van der Waals surface area contributed by atoms with Gasteiger partial charge in [-0.1, -0.05) is 0 Å². The number of rotatable bonds is 6. The number of carbonyl (C=O) groups is 3. The summed E-state index contributed by atoms with van der Waals surface area (Å²) in [5, 5.41) is 11.5. The molecule has 19 heavy (non-hydrogen) atoms. The van der Waals surface area contributed by atoms with Gasteiger partial charge < -0.3 is 15.3 Å². The van der Waals surface area contributed by atoms with Crippen molar-refractivity contribution in [3.05, 3.63) is 0 Å². The van der Waals surface area contributed by atoms with E-state index in [4.69, 9.17) is 5.11 Å². The van der Waals surface area contributed by atoms with E-state index in [1.807, 2.05) is 0 Å². The van der Waals surface area contributed by atoms with E-state index in [2.05, 4.69) is 5.32 Å². The molecular weight excluding hydrogens is 250 g/mol. The predicted octanol–water partition coefficient (Wildman–Crippen LogP) is -1.26. The zero-order valence-corrected chi connectivity index (χ0v) is 11.0. The zero-order valence-electron chi connectivity index (χ0n) is 11.0. The van der Waals surface area contributed by atoms with Gasteiger partial charge in [0.15, 0.2) is 0 Å². The van der Waals surface area contributed by atoms with E-state index in [0.29, 0.717) is 19.1 Å². The van der Waals surface area contributed by atoms with Crippen LogP contribution in [-0.4, -0.2) is 72.0 Å². The first-order chi connectivity index (χ1) is 8.95. The van der Waals surface area contributed by atoms with Crippen LogP contribution in [0.4, 0.5) is 0 Å². The van der Waals surface area contributed by atoms with Crippen LogP contribution in [0.1, 0.15) is 12.8 Å². The second kappa shape index (κ2) is 5.56. The van der Waals surface area contributed by atoms with Crippen molar-refractivity contribution in [1.82, 2.24) is 15.1 Å². The number of carboxylic acid groups (broad SMARTS) is 1. The van der Waals surface area contributed by atoms with Gasteiger partial charge in [0.1, 0.15) is 0 Å². The Morgan fingerprint density at radius 2 is 1.95 bits per heavy atom. The number of aliphatic carboxylic acids is 1. The number of hydrogen-bond donors (Lipinski definition) is 2. The molecule has 0 bridgehead atoms. The van der Waals surface area contributed by atoms with Gasteiger partial charge in [-0.3, -0.25) is 19.3 Å². The second-order valence-corrected chi connectivity index (χ2v) is 5.32. The fraction of sp³-hybridized carbons (Fsp3) is 0.750. The highest BCUT2D eigenvalue weighted by atomic mass is 16.4. The second-order valence-electron chi connectivity index (χ2n) is 5.32. The molecule has 1 heterocycles. The first-order valence-corrected chi connectivity index (χ1v) is 6.44. The monoisotopic (exact) mass is 269 g/mol. The Morgan fingerprint density at radius 1 is 1.32 bits per heavy atom. The van der Waals surface area contributed by atoms with Gasteiger partial charge in [0.2, 0.25) is 11.8 Å². The average molecular weight is 269 g/mol. The molecule has 2 rings (SSSR count). The third kappa shape index (κ3) is 3.92. The van der Waals surface area contributed by atoms with Crippen LogP contribution in [0.5, 0.6) is 0 Å². The van der Waals surface area contributed by atoms with E-state index in [1.54, 1.807) is 11.9 Å². The molecule has 106 valence electrons. The highest BCUT2D eigenvalue weighted by Crippen LogP contribution is 2.18. The first kappa shape index (κ1) is 13.8. The SMILES string of the molecule is CN(CC(=O)NC1CC1)C(=O)CN1CC(C(=O)O)C1. The van der Waals surface area contributed by atoms with Crippen LogP contribution < -0.4 is 5.32 Å². The lowest BCUT2D eigenvalue weighted by molar-refractivity contribution is -0.150. The van der Waals surface area contributed by atoms with Crippen molar-refractivity contribution in [2.75, 3.05) is 33.2 Å². The summed E-state index contributed by atoms with van der Waals surface area (Å²) in [6, 6.07) is 0.294. The van der Waals surface area contributed by atoms with Crippen molar-refractivity contribution in [2.24, 2.45) is 5.92 Å². The Morgan fingerprint density at radius 3 is 2.47 bits per heavy atom. The molecule has 2 aliphatic rings. The third-order valence-corrected chi connectivity index (χ3v) is 3.41. The topological polar surface area (TPSA) is 90.0 Å². The molecule has 1 aliphatic heterocycles.